The molecule has 0 amide bonds. The summed E-state index contributed by atoms with van der Waals surface area (Å²) < 4.78 is 0. The van der Waals surface area contributed by atoms with Crippen LogP contribution in [0.4, 0.5) is 0 Å². The van der Waals surface area contributed by atoms with E-state index in [1.165, 1.54) is 28.2 Å². The van der Waals surface area contributed by atoms with Gasteiger partial charge in [0.25, 0.3) is 0 Å². The number of rotatable bonds is 5. The lowest BCUT2D eigenvalue weighted by Gasteiger charge is -2.00. The van der Waals surface area contributed by atoms with Gasteiger partial charge in [-0.05, 0) is 30.0 Å². The van der Waals surface area contributed by atoms with Gasteiger partial charge in [-0.1, -0.05) is 43.7 Å². The van der Waals surface area contributed by atoms with Gasteiger partial charge < -0.3 is 5.32 Å². The van der Waals surface area contributed by atoms with Crippen LogP contribution in [-0.2, 0) is 6.54 Å². The second kappa shape index (κ2) is 5.25. The summed E-state index contributed by atoms with van der Waals surface area (Å²) in [6.07, 6.45) is 2.69. The van der Waals surface area contributed by atoms with Gasteiger partial charge in [-0.2, -0.15) is 0 Å². The monoisotopic (exact) mass is 257 g/mol. The molecule has 0 bridgehead atoms. The predicted octanol–water partition coefficient (Wildman–Crippen LogP) is 4.30. The van der Waals surface area contributed by atoms with Crippen LogP contribution in [0.15, 0.2) is 42.5 Å². The molecule has 0 aliphatic heterocycles. The number of benzene rings is 1. The normalized spacial score (nSPS) is 22.1. The Bertz CT molecular complexity index is 503. The average Bonchev–Trinajstić information content (AvgIpc) is 3.04. The van der Waals surface area contributed by atoms with Crippen LogP contribution in [0, 0.1) is 5.92 Å². The highest BCUT2D eigenvalue weighted by molar-refractivity contribution is 7.15. The van der Waals surface area contributed by atoms with E-state index >= 15 is 0 Å². The summed E-state index contributed by atoms with van der Waals surface area (Å²) in [5.74, 6) is 0.929. The van der Waals surface area contributed by atoms with Gasteiger partial charge in [0.1, 0.15) is 0 Å². The lowest BCUT2D eigenvalue weighted by Crippen LogP contribution is -2.16. The smallest absolute Gasteiger partial charge is 0.0346 e. The third-order valence-corrected chi connectivity index (χ3v) is 4.84. The fourth-order valence-corrected chi connectivity index (χ4v) is 3.38. The Morgan fingerprint density at radius 1 is 1.17 bits per heavy atom. The number of hydrogen-bond acceptors (Lipinski definition) is 2. The van der Waals surface area contributed by atoms with Crippen LogP contribution in [0.2, 0.25) is 0 Å². The van der Waals surface area contributed by atoms with Gasteiger partial charge in [0.2, 0.25) is 0 Å². The van der Waals surface area contributed by atoms with Crippen molar-refractivity contribution in [3.63, 3.8) is 0 Å². The van der Waals surface area contributed by atoms with Gasteiger partial charge in [0, 0.05) is 22.3 Å². The van der Waals surface area contributed by atoms with Gasteiger partial charge in [0.15, 0.2) is 0 Å². The molecule has 1 saturated carbocycles. The fourth-order valence-electron chi connectivity index (χ4n) is 2.41. The topological polar surface area (TPSA) is 12.0 Å². The van der Waals surface area contributed by atoms with Gasteiger partial charge in [-0.25, -0.2) is 0 Å². The first-order valence-electron chi connectivity index (χ1n) is 6.74. The maximum Gasteiger partial charge on any atom is 0.0346 e. The molecule has 2 aromatic rings. The Balaban J connectivity index is 1.60. The van der Waals surface area contributed by atoms with E-state index in [0.29, 0.717) is 0 Å². The molecule has 94 valence electrons. The molecule has 18 heavy (non-hydrogen) atoms. The van der Waals surface area contributed by atoms with E-state index < -0.39 is 0 Å². The van der Waals surface area contributed by atoms with E-state index in [9.17, 15) is 0 Å². The molecule has 2 heteroatoms. The molecule has 0 saturated heterocycles. The Labute approximate surface area is 113 Å². The molecule has 2 atom stereocenters. The van der Waals surface area contributed by atoms with E-state index in [0.717, 1.165) is 18.5 Å². The van der Waals surface area contributed by atoms with Crippen molar-refractivity contribution in [2.45, 2.75) is 32.4 Å². The summed E-state index contributed by atoms with van der Waals surface area (Å²) >= 11 is 1.90. The Kier molecular flexibility index (Phi) is 3.48. The zero-order valence-electron chi connectivity index (χ0n) is 10.7. The molecule has 1 fully saturated rings. The lowest BCUT2D eigenvalue weighted by atomic mass is 10.2. The molecular formula is C16H19NS. The van der Waals surface area contributed by atoms with E-state index in [1.54, 1.807) is 0 Å². The molecule has 1 aliphatic rings. The van der Waals surface area contributed by atoms with Crippen molar-refractivity contribution in [3.8, 4) is 10.4 Å². The van der Waals surface area contributed by atoms with Crippen molar-refractivity contribution in [1.82, 2.24) is 5.32 Å². The van der Waals surface area contributed by atoms with Crippen molar-refractivity contribution < 1.29 is 0 Å². The molecule has 1 nitrogen and oxygen atoms in total. The molecule has 1 aromatic heterocycles. The molecule has 1 N–H and O–H groups in total. The lowest BCUT2D eigenvalue weighted by molar-refractivity contribution is 0.627. The number of hydrogen-bond donors (Lipinski definition) is 1. The van der Waals surface area contributed by atoms with E-state index in [-0.39, 0.29) is 0 Å². The van der Waals surface area contributed by atoms with Crippen molar-refractivity contribution in [2.75, 3.05) is 0 Å². The molecule has 2 unspecified atom stereocenters. The van der Waals surface area contributed by atoms with E-state index in [4.69, 9.17) is 0 Å². The summed E-state index contributed by atoms with van der Waals surface area (Å²) in [6.45, 7) is 3.31. The van der Waals surface area contributed by atoms with Crippen LogP contribution in [-0.4, -0.2) is 6.04 Å². The van der Waals surface area contributed by atoms with Crippen molar-refractivity contribution >= 4 is 11.3 Å². The number of thiophene rings is 1. The minimum Gasteiger partial charge on any atom is -0.309 e. The van der Waals surface area contributed by atoms with E-state index in [1.807, 2.05) is 11.3 Å². The first-order chi connectivity index (χ1) is 8.86. The van der Waals surface area contributed by atoms with Crippen LogP contribution in [0.5, 0.6) is 0 Å². The van der Waals surface area contributed by atoms with E-state index in [2.05, 4.69) is 54.7 Å². The quantitative estimate of drug-likeness (QED) is 0.842. The Hall–Kier alpha value is -1.12. The summed E-state index contributed by atoms with van der Waals surface area (Å²) in [5.41, 5.74) is 1.33. The minimum atomic E-state index is 0.775. The first kappa shape index (κ1) is 11.9. The zero-order chi connectivity index (χ0) is 12.4. The molecule has 1 aliphatic carbocycles. The third kappa shape index (κ3) is 2.65. The summed E-state index contributed by atoms with van der Waals surface area (Å²) in [4.78, 5) is 2.81. The zero-order valence-corrected chi connectivity index (χ0v) is 11.5. The van der Waals surface area contributed by atoms with Crippen molar-refractivity contribution in [3.05, 3.63) is 47.3 Å². The van der Waals surface area contributed by atoms with Crippen LogP contribution in [0.3, 0.4) is 0 Å². The molecule has 3 rings (SSSR count). The average molecular weight is 257 g/mol. The van der Waals surface area contributed by atoms with Crippen LogP contribution in [0.1, 0.15) is 24.6 Å². The van der Waals surface area contributed by atoms with Gasteiger partial charge >= 0.3 is 0 Å². The third-order valence-electron chi connectivity index (χ3n) is 3.71. The largest absolute Gasteiger partial charge is 0.309 e. The molecule has 0 spiro atoms. The van der Waals surface area contributed by atoms with Crippen molar-refractivity contribution in [1.29, 1.82) is 0 Å². The van der Waals surface area contributed by atoms with Gasteiger partial charge in [0.05, 0.1) is 0 Å². The second-order valence-corrected chi connectivity index (χ2v) is 6.19. The molecule has 1 aromatic carbocycles. The molecular weight excluding hydrogens is 238 g/mol. The Morgan fingerprint density at radius 2 is 2.00 bits per heavy atom. The maximum atomic E-state index is 3.65. The first-order valence-corrected chi connectivity index (χ1v) is 7.56. The van der Waals surface area contributed by atoms with Crippen LogP contribution in [0.25, 0.3) is 10.4 Å². The maximum absolute atomic E-state index is 3.65. The SMILES string of the molecule is CCC1CC1NCc1ccc(-c2ccccc2)s1. The highest BCUT2D eigenvalue weighted by atomic mass is 32.1. The van der Waals surface area contributed by atoms with Crippen molar-refractivity contribution in [2.24, 2.45) is 5.92 Å². The summed E-state index contributed by atoms with van der Waals surface area (Å²) in [7, 11) is 0. The molecule has 0 radical (unpaired) electrons. The summed E-state index contributed by atoms with van der Waals surface area (Å²) in [6, 6.07) is 15.9. The van der Waals surface area contributed by atoms with Gasteiger partial charge in [-0.3, -0.25) is 0 Å². The van der Waals surface area contributed by atoms with Crippen LogP contribution >= 0.6 is 11.3 Å². The number of nitrogens with one attached hydrogen (secondary N) is 1. The predicted molar refractivity (Wildman–Crippen MR) is 78.8 cm³/mol. The fraction of sp³-hybridized carbons (Fsp3) is 0.375. The highest BCUT2D eigenvalue weighted by Gasteiger charge is 2.34. The molecule has 1 heterocycles. The Morgan fingerprint density at radius 3 is 2.72 bits per heavy atom. The highest BCUT2D eigenvalue weighted by Crippen LogP contribution is 2.34. The van der Waals surface area contributed by atoms with Crippen LogP contribution < -0.4 is 5.32 Å². The standard InChI is InChI=1S/C16H19NS/c1-2-12-10-15(12)17-11-14-8-9-16(18-14)13-6-4-3-5-7-13/h3-9,12,15,17H,2,10-11H2,1H3. The summed E-state index contributed by atoms with van der Waals surface area (Å²) in [5, 5.41) is 3.65. The minimum absolute atomic E-state index is 0.775. The van der Waals surface area contributed by atoms with Gasteiger partial charge in [-0.15, -0.1) is 11.3 Å². The second-order valence-electron chi connectivity index (χ2n) is 5.02.